The number of aromatic nitrogens is 1. The molecule has 1 aliphatic rings. The number of anilines is 1. The Labute approximate surface area is 194 Å². The average molecular weight is 441 g/mol. The molecule has 33 heavy (non-hydrogen) atoms. The molecule has 3 aromatic rings. The zero-order chi connectivity index (χ0) is 23.9. The third-order valence-electron chi connectivity index (χ3n) is 6.13. The lowest BCUT2D eigenvalue weighted by Crippen LogP contribution is -2.29. The molecule has 1 atom stereocenters. The summed E-state index contributed by atoms with van der Waals surface area (Å²) >= 11 is 0. The van der Waals surface area contributed by atoms with E-state index in [0.29, 0.717) is 16.8 Å². The first kappa shape index (κ1) is 22.5. The summed E-state index contributed by atoms with van der Waals surface area (Å²) in [5.74, 6) is -1.52. The van der Waals surface area contributed by atoms with Gasteiger partial charge in [0.1, 0.15) is 5.76 Å². The molecule has 0 saturated carbocycles. The highest BCUT2D eigenvalue weighted by atomic mass is 16.3. The van der Waals surface area contributed by atoms with E-state index in [0.717, 1.165) is 16.7 Å². The molecule has 1 aliphatic heterocycles. The smallest absolute Gasteiger partial charge is 0.300 e. The van der Waals surface area contributed by atoms with Gasteiger partial charge >= 0.3 is 0 Å². The lowest BCUT2D eigenvalue weighted by atomic mass is 9.87. The molecule has 0 radical (unpaired) electrons. The Morgan fingerprint density at radius 3 is 2.18 bits per heavy atom. The van der Waals surface area contributed by atoms with Crippen molar-refractivity contribution >= 4 is 23.1 Å². The Morgan fingerprint density at radius 1 is 0.939 bits per heavy atom. The summed E-state index contributed by atoms with van der Waals surface area (Å²) in [6, 6.07) is 16.1. The van der Waals surface area contributed by atoms with Crippen molar-refractivity contribution in [3.05, 3.63) is 100 Å². The molecule has 1 N–H and O–H groups in total. The molecule has 0 bridgehead atoms. The van der Waals surface area contributed by atoms with Gasteiger partial charge < -0.3 is 5.11 Å². The molecule has 1 aromatic heterocycles. The standard InChI is InChI=1S/C28H28N2O3/c1-17-6-7-18(2)22(16-17)25(31)23-24(19-12-14-29-15-13-19)30(27(33)26(23)32)21-10-8-20(9-11-21)28(3,4)5/h6-16,24,31H,1-5H3/b25-23+. The Kier molecular flexibility index (Phi) is 5.66. The van der Waals surface area contributed by atoms with Gasteiger partial charge in [-0.2, -0.15) is 0 Å². The maximum absolute atomic E-state index is 13.3. The molecule has 1 unspecified atom stereocenters. The molecular weight excluding hydrogens is 412 g/mol. The molecule has 168 valence electrons. The minimum Gasteiger partial charge on any atom is -0.507 e. The number of aryl methyl sites for hydroxylation is 2. The number of aliphatic hydroxyl groups is 1. The lowest BCUT2D eigenvalue weighted by molar-refractivity contribution is -0.132. The van der Waals surface area contributed by atoms with Crippen molar-refractivity contribution in [2.75, 3.05) is 4.90 Å². The molecule has 2 aromatic carbocycles. The predicted molar refractivity (Wildman–Crippen MR) is 130 cm³/mol. The topological polar surface area (TPSA) is 70.5 Å². The fourth-order valence-corrected chi connectivity index (χ4v) is 4.22. The minimum atomic E-state index is -0.756. The van der Waals surface area contributed by atoms with E-state index in [1.807, 2.05) is 56.3 Å². The third kappa shape index (κ3) is 4.07. The van der Waals surface area contributed by atoms with E-state index in [1.165, 1.54) is 4.90 Å². The summed E-state index contributed by atoms with van der Waals surface area (Å²) in [6.45, 7) is 10.2. The van der Waals surface area contributed by atoms with Crippen molar-refractivity contribution in [2.45, 2.75) is 46.1 Å². The molecular formula is C28H28N2O3. The molecule has 5 nitrogen and oxygen atoms in total. The lowest BCUT2D eigenvalue weighted by Gasteiger charge is -2.26. The average Bonchev–Trinajstić information content (AvgIpc) is 3.05. The Hall–Kier alpha value is -3.73. The number of carbonyl (C=O) groups excluding carboxylic acids is 2. The van der Waals surface area contributed by atoms with Gasteiger partial charge in [-0.15, -0.1) is 0 Å². The molecule has 4 rings (SSSR count). The van der Waals surface area contributed by atoms with E-state index in [4.69, 9.17) is 0 Å². The number of pyridine rings is 1. The van der Waals surface area contributed by atoms with Gasteiger partial charge in [-0.1, -0.05) is 50.6 Å². The van der Waals surface area contributed by atoms with Crippen LogP contribution in [0.4, 0.5) is 5.69 Å². The number of hydrogen-bond acceptors (Lipinski definition) is 4. The van der Waals surface area contributed by atoms with Gasteiger partial charge in [-0.05, 0) is 66.3 Å². The van der Waals surface area contributed by atoms with Crippen molar-refractivity contribution in [2.24, 2.45) is 0 Å². The van der Waals surface area contributed by atoms with Crippen LogP contribution < -0.4 is 4.90 Å². The van der Waals surface area contributed by atoms with Crippen LogP contribution in [-0.4, -0.2) is 21.8 Å². The number of ketones is 1. The Morgan fingerprint density at radius 2 is 1.58 bits per heavy atom. The summed E-state index contributed by atoms with van der Waals surface area (Å²) < 4.78 is 0. The van der Waals surface area contributed by atoms with Crippen molar-refractivity contribution in [1.29, 1.82) is 0 Å². The third-order valence-corrected chi connectivity index (χ3v) is 6.13. The highest BCUT2D eigenvalue weighted by molar-refractivity contribution is 6.51. The maximum Gasteiger partial charge on any atom is 0.300 e. The highest BCUT2D eigenvalue weighted by Crippen LogP contribution is 2.42. The Balaban J connectivity index is 1.92. The first-order valence-corrected chi connectivity index (χ1v) is 11.0. The van der Waals surface area contributed by atoms with Crippen molar-refractivity contribution in [3.8, 4) is 0 Å². The summed E-state index contributed by atoms with van der Waals surface area (Å²) in [5.41, 5.74) is 4.80. The number of hydrogen-bond donors (Lipinski definition) is 1. The quantitative estimate of drug-likeness (QED) is 0.326. The second-order valence-corrected chi connectivity index (χ2v) is 9.56. The molecule has 0 spiro atoms. The number of benzene rings is 2. The van der Waals surface area contributed by atoms with E-state index in [1.54, 1.807) is 24.5 Å². The van der Waals surface area contributed by atoms with Gasteiger partial charge in [0, 0.05) is 23.6 Å². The van der Waals surface area contributed by atoms with Crippen LogP contribution in [0, 0.1) is 13.8 Å². The van der Waals surface area contributed by atoms with Crippen molar-refractivity contribution in [3.63, 3.8) is 0 Å². The molecule has 2 heterocycles. The summed E-state index contributed by atoms with van der Waals surface area (Å²) in [5, 5.41) is 11.3. The fraction of sp³-hybridized carbons (Fsp3) is 0.250. The van der Waals surface area contributed by atoms with E-state index in [-0.39, 0.29) is 16.7 Å². The van der Waals surface area contributed by atoms with Crippen LogP contribution in [0.5, 0.6) is 0 Å². The van der Waals surface area contributed by atoms with Gasteiger partial charge in [0.05, 0.1) is 11.6 Å². The number of carbonyl (C=O) groups is 2. The zero-order valence-corrected chi connectivity index (χ0v) is 19.6. The zero-order valence-electron chi connectivity index (χ0n) is 19.6. The van der Waals surface area contributed by atoms with Gasteiger partial charge in [-0.3, -0.25) is 19.5 Å². The summed E-state index contributed by atoms with van der Waals surface area (Å²) in [7, 11) is 0. The van der Waals surface area contributed by atoms with Crippen LogP contribution in [0.1, 0.15) is 54.6 Å². The summed E-state index contributed by atoms with van der Waals surface area (Å²) in [6.07, 6.45) is 3.24. The van der Waals surface area contributed by atoms with Crippen LogP contribution in [0.3, 0.4) is 0 Å². The van der Waals surface area contributed by atoms with Crippen molar-refractivity contribution < 1.29 is 14.7 Å². The van der Waals surface area contributed by atoms with E-state index >= 15 is 0 Å². The number of aliphatic hydroxyl groups excluding tert-OH is 1. The van der Waals surface area contributed by atoms with Crippen LogP contribution in [0.2, 0.25) is 0 Å². The highest BCUT2D eigenvalue weighted by Gasteiger charge is 2.47. The van der Waals surface area contributed by atoms with Gasteiger partial charge in [-0.25, -0.2) is 0 Å². The van der Waals surface area contributed by atoms with Crippen molar-refractivity contribution in [1.82, 2.24) is 4.98 Å². The first-order valence-electron chi connectivity index (χ1n) is 11.0. The number of rotatable bonds is 3. The van der Waals surface area contributed by atoms with E-state index in [9.17, 15) is 14.7 Å². The monoisotopic (exact) mass is 440 g/mol. The van der Waals surface area contributed by atoms with Gasteiger partial charge in [0.2, 0.25) is 0 Å². The normalized spacial score (nSPS) is 18.1. The maximum atomic E-state index is 13.3. The van der Waals surface area contributed by atoms with Crippen LogP contribution in [0.25, 0.3) is 5.76 Å². The fourth-order valence-electron chi connectivity index (χ4n) is 4.22. The molecule has 0 aliphatic carbocycles. The molecule has 1 fully saturated rings. The molecule has 5 heteroatoms. The molecule has 1 amide bonds. The van der Waals surface area contributed by atoms with Crippen LogP contribution in [0.15, 0.2) is 72.6 Å². The number of Topliss-reactive ketones (excluding diaryl/α,β-unsaturated/α-hetero) is 1. The largest absolute Gasteiger partial charge is 0.507 e. The number of nitrogens with zero attached hydrogens (tertiary/aromatic N) is 2. The summed E-state index contributed by atoms with van der Waals surface area (Å²) in [4.78, 5) is 32.1. The van der Waals surface area contributed by atoms with E-state index in [2.05, 4.69) is 25.8 Å². The first-order chi connectivity index (χ1) is 15.6. The van der Waals surface area contributed by atoms with Gasteiger partial charge in [0.15, 0.2) is 0 Å². The van der Waals surface area contributed by atoms with Crippen LogP contribution in [-0.2, 0) is 15.0 Å². The second-order valence-electron chi connectivity index (χ2n) is 9.56. The SMILES string of the molecule is Cc1ccc(C)c(/C(O)=C2\C(=O)C(=O)N(c3ccc(C(C)(C)C)cc3)C2c2ccncc2)c1. The van der Waals surface area contributed by atoms with Crippen LogP contribution >= 0.6 is 0 Å². The second kappa shape index (κ2) is 8.32. The van der Waals surface area contributed by atoms with E-state index < -0.39 is 17.7 Å². The van der Waals surface area contributed by atoms with Gasteiger partial charge in [0.25, 0.3) is 11.7 Å². The molecule has 1 saturated heterocycles. The predicted octanol–water partition coefficient (Wildman–Crippen LogP) is 5.62. The minimum absolute atomic E-state index is 0.0418. The number of amides is 1. The Bertz CT molecular complexity index is 1250.